The molecule has 0 saturated heterocycles. The highest BCUT2D eigenvalue weighted by molar-refractivity contribution is 9.10. The first-order chi connectivity index (χ1) is 7.74. The average molecular weight is 287 g/mol. The second-order valence-corrected chi connectivity index (χ2v) is 4.64. The Morgan fingerprint density at radius 2 is 2.00 bits per heavy atom. The quantitative estimate of drug-likeness (QED) is 0.707. The van der Waals surface area contributed by atoms with Gasteiger partial charge in [0.05, 0.1) is 6.61 Å². The van der Waals surface area contributed by atoms with Gasteiger partial charge in [0.1, 0.15) is 12.4 Å². The van der Waals surface area contributed by atoms with E-state index in [1.54, 1.807) is 0 Å². The van der Waals surface area contributed by atoms with Gasteiger partial charge in [-0.2, -0.15) is 0 Å². The van der Waals surface area contributed by atoms with Crippen LogP contribution in [-0.2, 0) is 4.74 Å². The molecule has 0 N–H and O–H groups in total. The average Bonchev–Trinajstić information content (AvgIpc) is 2.28. The van der Waals surface area contributed by atoms with Crippen LogP contribution >= 0.6 is 15.9 Å². The van der Waals surface area contributed by atoms with Crippen molar-refractivity contribution in [3.8, 4) is 5.75 Å². The molecule has 1 aromatic carbocycles. The van der Waals surface area contributed by atoms with Gasteiger partial charge in [-0.1, -0.05) is 35.3 Å². The Morgan fingerprint density at radius 1 is 1.19 bits per heavy atom. The number of rotatable bonds is 7. The Kier molecular flexibility index (Phi) is 6.50. The first-order valence-corrected chi connectivity index (χ1v) is 6.50. The van der Waals surface area contributed by atoms with Gasteiger partial charge in [-0.25, -0.2) is 0 Å². The second kappa shape index (κ2) is 7.69. The molecule has 16 heavy (non-hydrogen) atoms. The van der Waals surface area contributed by atoms with E-state index in [4.69, 9.17) is 9.47 Å². The van der Waals surface area contributed by atoms with Crippen molar-refractivity contribution in [3.63, 3.8) is 0 Å². The van der Waals surface area contributed by atoms with Crippen molar-refractivity contribution in [2.24, 2.45) is 0 Å². The molecule has 0 aliphatic heterocycles. The fourth-order valence-electron chi connectivity index (χ4n) is 1.29. The van der Waals surface area contributed by atoms with Crippen LogP contribution in [0.15, 0.2) is 22.7 Å². The summed E-state index contributed by atoms with van der Waals surface area (Å²) in [6.07, 6.45) is 2.29. The standard InChI is InChI=1S/C13H19BrO2/c1-3-4-7-15-8-9-16-13-10-12(14)6-5-11(13)2/h5-6,10H,3-4,7-9H2,1-2H3. The normalized spacial score (nSPS) is 10.4. The van der Waals surface area contributed by atoms with Crippen LogP contribution in [0.3, 0.4) is 0 Å². The van der Waals surface area contributed by atoms with Crippen LogP contribution in [0.4, 0.5) is 0 Å². The minimum atomic E-state index is 0.612. The molecule has 3 heteroatoms. The molecule has 90 valence electrons. The lowest BCUT2D eigenvalue weighted by atomic mass is 10.2. The van der Waals surface area contributed by atoms with E-state index in [9.17, 15) is 0 Å². The van der Waals surface area contributed by atoms with E-state index in [1.807, 2.05) is 25.1 Å². The maximum Gasteiger partial charge on any atom is 0.123 e. The minimum Gasteiger partial charge on any atom is -0.491 e. The molecule has 1 aromatic rings. The van der Waals surface area contributed by atoms with Gasteiger partial charge in [-0.15, -0.1) is 0 Å². The van der Waals surface area contributed by atoms with Crippen molar-refractivity contribution in [1.29, 1.82) is 0 Å². The maximum atomic E-state index is 5.64. The third-order valence-corrected chi connectivity index (χ3v) is 2.77. The predicted octanol–water partition coefficient (Wildman–Crippen LogP) is 3.95. The van der Waals surface area contributed by atoms with Crippen LogP contribution in [0, 0.1) is 6.92 Å². The van der Waals surface area contributed by atoms with Gasteiger partial charge in [0.25, 0.3) is 0 Å². The Bertz CT molecular complexity index is 313. The third-order valence-electron chi connectivity index (χ3n) is 2.28. The van der Waals surface area contributed by atoms with E-state index in [0.717, 1.165) is 28.8 Å². The van der Waals surface area contributed by atoms with Crippen LogP contribution < -0.4 is 4.74 Å². The third kappa shape index (κ3) is 4.99. The fraction of sp³-hybridized carbons (Fsp3) is 0.538. The summed E-state index contributed by atoms with van der Waals surface area (Å²) in [6, 6.07) is 6.04. The Morgan fingerprint density at radius 3 is 2.75 bits per heavy atom. The van der Waals surface area contributed by atoms with Crippen molar-refractivity contribution in [3.05, 3.63) is 28.2 Å². The van der Waals surface area contributed by atoms with Gasteiger partial charge in [0, 0.05) is 11.1 Å². The molecule has 0 aliphatic rings. The Hall–Kier alpha value is -0.540. The largest absolute Gasteiger partial charge is 0.491 e. The van der Waals surface area contributed by atoms with Crippen molar-refractivity contribution in [2.75, 3.05) is 19.8 Å². The fourth-order valence-corrected chi connectivity index (χ4v) is 1.63. The summed E-state index contributed by atoms with van der Waals surface area (Å²) in [7, 11) is 0. The molecule has 0 heterocycles. The van der Waals surface area contributed by atoms with Gasteiger partial charge in [-0.05, 0) is 31.0 Å². The van der Waals surface area contributed by atoms with Gasteiger partial charge in [0.2, 0.25) is 0 Å². The predicted molar refractivity (Wildman–Crippen MR) is 70.1 cm³/mol. The second-order valence-electron chi connectivity index (χ2n) is 3.72. The minimum absolute atomic E-state index is 0.612. The zero-order chi connectivity index (χ0) is 11.8. The number of hydrogen-bond donors (Lipinski definition) is 0. The number of aryl methyl sites for hydroxylation is 1. The van der Waals surface area contributed by atoms with Crippen LogP contribution in [0.5, 0.6) is 5.75 Å². The van der Waals surface area contributed by atoms with Crippen molar-refractivity contribution >= 4 is 15.9 Å². The maximum absolute atomic E-state index is 5.64. The van der Waals surface area contributed by atoms with Crippen LogP contribution in [0.1, 0.15) is 25.3 Å². The monoisotopic (exact) mass is 286 g/mol. The van der Waals surface area contributed by atoms with E-state index >= 15 is 0 Å². The van der Waals surface area contributed by atoms with Gasteiger partial charge < -0.3 is 9.47 Å². The summed E-state index contributed by atoms with van der Waals surface area (Å²) in [4.78, 5) is 0. The van der Waals surface area contributed by atoms with E-state index in [2.05, 4.69) is 22.9 Å². The van der Waals surface area contributed by atoms with E-state index in [1.165, 1.54) is 6.42 Å². The van der Waals surface area contributed by atoms with Crippen molar-refractivity contribution < 1.29 is 9.47 Å². The smallest absolute Gasteiger partial charge is 0.123 e. The van der Waals surface area contributed by atoms with Gasteiger partial charge in [-0.3, -0.25) is 0 Å². The lowest BCUT2D eigenvalue weighted by Crippen LogP contribution is -2.08. The molecule has 0 aliphatic carbocycles. The summed E-state index contributed by atoms with van der Waals surface area (Å²) in [5.74, 6) is 0.925. The molecular weight excluding hydrogens is 268 g/mol. The number of halogens is 1. The molecule has 0 radical (unpaired) electrons. The summed E-state index contributed by atoms with van der Waals surface area (Å²) in [6.45, 7) is 6.30. The summed E-state index contributed by atoms with van der Waals surface area (Å²) >= 11 is 3.43. The van der Waals surface area contributed by atoms with Crippen molar-refractivity contribution in [1.82, 2.24) is 0 Å². The lowest BCUT2D eigenvalue weighted by Gasteiger charge is -2.09. The van der Waals surface area contributed by atoms with Crippen LogP contribution in [-0.4, -0.2) is 19.8 Å². The molecule has 0 amide bonds. The Balaban J connectivity index is 2.23. The molecule has 2 nitrogen and oxygen atoms in total. The zero-order valence-corrected chi connectivity index (χ0v) is 11.5. The van der Waals surface area contributed by atoms with E-state index < -0.39 is 0 Å². The SMILES string of the molecule is CCCCOCCOc1cc(Br)ccc1C. The van der Waals surface area contributed by atoms with Crippen LogP contribution in [0.25, 0.3) is 0 Å². The first kappa shape index (κ1) is 13.5. The number of unbranched alkanes of at least 4 members (excludes halogenated alkanes) is 1. The lowest BCUT2D eigenvalue weighted by molar-refractivity contribution is 0.0978. The highest BCUT2D eigenvalue weighted by atomic mass is 79.9. The molecule has 0 atom stereocenters. The first-order valence-electron chi connectivity index (χ1n) is 5.70. The molecule has 0 spiro atoms. The highest BCUT2D eigenvalue weighted by Crippen LogP contribution is 2.22. The van der Waals surface area contributed by atoms with Gasteiger partial charge in [0.15, 0.2) is 0 Å². The van der Waals surface area contributed by atoms with E-state index in [0.29, 0.717) is 13.2 Å². The molecule has 0 aromatic heterocycles. The molecule has 1 rings (SSSR count). The molecule has 0 saturated carbocycles. The molecule has 0 unspecified atom stereocenters. The highest BCUT2D eigenvalue weighted by Gasteiger charge is 1.99. The summed E-state index contributed by atoms with van der Waals surface area (Å²) in [5.41, 5.74) is 1.15. The number of hydrogen-bond acceptors (Lipinski definition) is 2. The van der Waals surface area contributed by atoms with Crippen molar-refractivity contribution in [2.45, 2.75) is 26.7 Å². The number of benzene rings is 1. The van der Waals surface area contributed by atoms with Crippen LogP contribution in [0.2, 0.25) is 0 Å². The zero-order valence-electron chi connectivity index (χ0n) is 9.96. The van der Waals surface area contributed by atoms with Gasteiger partial charge >= 0.3 is 0 Å². The summed E-state index contributed by atoms with van der Waals surface area (Å²) < 4.78 is 12.1. The molecule has 0 bridgehead atoms. The summed E-state index contributed by atoms with van der Waals surface area (Å²) in [5, 5.41) is 0. The topological polar surface area (TPSA) is 18.5 Å². The Labute approximate surface area is 106 Å². The molecule has 0 fully saturated rings. The number of ether oxygens (including phenoxy) is 2. The molecular formula is C13H19BrO2. The van der Waals surface area contributed by atoms with E-state index in [-0.39, 0.29) is 0 Å².